The van der Waals surface area contributed by atoms with E-state index in [9.17, 15) is 4.79 Å². The van der Waals surface area contributed by atoms with E-state index in [-0.39, 0.29) is 5.97 Å². The average molecular weight is 338 g/mol. The molecule has 1 fully saturated rings. The van der Waals surface area contributed by atoms with E-state index in [1.807, 2.05) is 29.7 Å². The molecule has 0 radical (unpaired) electrons. The average Bonchev–Trinajstić information content (AvgIpc) is 3.05. The van der Waals surface area contributed by atoms with Crippen molar-refractivity contribution in [3.05, 3.63) is 28.6 Å². The smallest absolute Gasteiger partial charge is 0.319 e. The molecule has 106 valence electrons. The van der Waals surface area contributed by atoms with Crippen LogP contribution >= 0.6 is 15.9 Å². The molecule has 2 heterocycles. The maximum atomic E-state index is 12.5. The lowest BCUT2D eigenvalue weighted by Crippen LogP contribution is -2.36. The van der Waals surface area contributed by atoms with Gasteiger partial charge in [-0.25, -0.2) is 0 Å². The number of aromatic nitrogens is 3. The van der Waals surface area contributed by atoms with Crippen LogP contribution in [0.5, 0.6) is 0 Å². The molecule has 0 bridgehead atoms. The van der Waals surface area contributed by atoms with Gasteiger partial charge in [-0.15, -0.1) is 10.2 Å². The molecule has 1 aliphatic carbocycles. The molecule has 5 nitrogen and oxygen atoms in total. The molecule has 6 heteroatoms. The predicted molar refractivity (Wildman–Crippen MR) is 77.5 cm³/mol. The van der Waals surface area contributed by atoms with Crippen molar-refractivity contribution in [2.45, 2.75) is 38.0 Å². The van der Waals surface area contributed by atoms with Crippen LogP contribution in [0.2, 0.25) is 0 Å². The molecule has 20 heavy (non-hydrogen) atoms. The molecular formula is C14H16BrN3O2. The Morgan fingerprint density at radius 1 is 1.40 bits per heavy atom. The number of halogens is 1. The third-order valence-electron chi connectivity index (χ3n) is 3.92. The summed E-state index contributed by atoms with van der Waals surface area (Å²) in [5.74, 6) is 0.525. The second-order valence-corrected chi connectivity index (χ2v) is 6.02. The fourth-order valence-electron chi connectivity index (χ4n) is 2.96. The number of carbonyl (C=O) groups excluding carboxylic acids is 1. The van der Waals surface area contributed by atoms with Gasteiger partial charge in [0.25, 0.3) is 0 Å². The zero-order valence-electron chi connectivity index (χ0n) is 11.3. The van der Waals surface area contributed by atoms with E-state index >= 15 is 0 Å². The molecule has 0 atom stereocenters. The van der Waals surface area contributed by atoms with E-state index in [1.54, 1.807) is 0 Å². The minimum Gasteiger partial charge on any atom is -0.465 e. The van der Waals surface area contributed by atoms with Crippen molar-refractivity contribution in [1.82, 2.24) is 14.6 Å². The number of ether oxygens (including phenoxy) is 1. The summed E-state index contributed by atoms with van der Waals surface area (Å²) in [6, 6.07) is 3.80. The Hall–Kier alpha value is -1.43. The van der Waals surface area contributed by atoms with Gasteiger partial charge >= 0.3 is 5.97 Å². The number of esters is 1. The van der Waals surface area contributed by atoms with Crippen LogP contribution in [0.3, 0.4) is 0 Å². The molecule has 0 aromatic carbocycles. The standard InChI is InChI=1S/C14H16BrN3O2/c1-2-20-13(19)14(7-3-4-8-14)12-17-16-11-6-5-10(15)9-18(11)12/h5-6,9H,2-4,7-8H2,1H3. The molecule has 0 aliphatic heterocycles. The van der Waals surface area contributed by atoms with Crippen LogP contribution in [0.1, 0.15) is 38.4 Å². The topological polar surface area (TPSA) is 56.5 Å². The number of pyridine rings is 1. The molecule has 0 spiro atoms. The Bertz CT molecular complexity index is 647. The van der Waals surface area contributed by atoms with Crippen LogP contribution in [-0.2, 0) is 14.9 Å². The first-order valence-electron chi connectivity index (χ1n) is 6.85. The van der Waals surface area contributed by atoms with Crippen molar-refractivity contribution in [1.29, 1.82) is 0 Å². The highest BCUT2D eigenvalue weighted by atomic mass is 79.9. The summed E-state index contributed by atoms with van der Waals surface area (Å²) in [6.45, 7) is 2.22. The van der Waals surface area contributed by atoms with Crippen molar-refractivity contribution < 1.29 is 9.53 Å². The van der Waals surface area contributed by atoms with E-state index in [1.165, 1.54) is 0 Å². The lowest BCUT2D eigenvalue weighted by Gasteiger charge is -2.24. The third kappa shape index (κ3) is 2.02. The monoisotopic (exact) mass is 337 g/mol. The number of hydrogen-bond donors (Lipinski definition) is 0. The van der Waals surface area contributed by atoms with Crippen LogP contribution in [-0.4, -0.2) is 27.2 Å². The van der Waals surface area contributed by atoms with Gasteiger partial charge in [-0.3, -0.25) is 9.20 Å². The molecule has 3 rings (SSSR count). The Kier molecular flexibility index (Phi) is 3.50. The molecule has 1 aliphatic rings. The molecule has 1 saturated carbocycles. The Labute approximate surface area is 125 Å². The van der Waals surface area contributed by atoms with Gasteiger partial charge in [0.05, 0.1) is 6.61 Å². The Balaban J connectivity index is 2.15. The van der Waals surface area contributed by atoms with Gasteiger partial charge in [0, 0.05) is 10.7 Å². The second-order valence-electron chi connectivity index (χ2n) is 5.11. The van der Waals surface area contributed by atoms with Gasteiger partial charge in [0.2, 0.25) is 0 Å². The zero-order valence-corrected chi connectivity index (χ0v) is 12.9. The summed E-state index contributed by atoms with van der Waals surface area (Å²) >= 11 is 3.45. The van der Waals surface area contributed by atoms with Crippen LogP contribution in [0, 0.1) is 0 Å². The maximum absolute atomic E-state index is 12.5. The van der Waals surface area contributed by atoms with Crippen molar-refractivity contribution >= 4 is 27.5 Å². The molecule has 0 saturated heterocycles. The van der Waals surface area contributed by atoms with E-state index < -0.39 is 5.41 Å². The molecule has 0 unspecified atom stereocenters. The fraction of sp³-hybridized carbons (Fsp3) is 0.500. The maximum Gasteiger partial charge on any atom is 0.319 e. The van der Waals surface area contributed by atoms with Crippen LogP contribution in [0.25, 0.3) is 5.65 Å². The quantitative estimate of drug-likeness (QED) is 0.808. The van der Waals surface area contributed by atoms with Crippen LogP contribution < -0.4 is 0 Å². The second kappa shape index (κ2) is 5.16. The SMILES string of the molecule is CCOC(=O)C1(c2nnc3ccc(Br)cn23)CCCC1. The molecule has 0 amide bonds. The summed E-state index contributed by atoms with van der Waals surface area (Å²) in [4.78, 5) is 12.5. The Morgan fingerprint density at radius 2 is 2.15 bits per heavy atom. The molecule has 0 N–H and O–H groups in total. The lowest BCUT2D eigenvalue weighted by atomic mass is 9.85. The number of hydrogen-bond acceptors (Lipinski definition) is 4. The molecule has 2 aromatic heterocycles. The van der Waals surface area contributed by atoms with E-state index in [4.69, 9.17) is 4.74 Å². The van der Waals surface area contributed by atoms with Gasteiger partial charge in [-0.2, -0.15) is 0 Å². The first-order valence-corrected chi connectivity index (χ1v) is 7.65. The summed E-state index contributed by atoms with van der Waals surface area (Å²) in [5, 5.41) is 8.46. The minimum absolute atomic E-state index is 0.174. The normalized spacial score (nSPS) is 17.5. The number of carbonyl (C=O) groups is 1. The highest BCUT2D eigenvalue weighted by Gasteiger charge is 2.47. The van der Waals surface area contributed by atoms with E-state index in [0.717, 1.165) is 35.8 Å². The van der Waals surface area contributed by atoms with E-state index in [2.05, 4.69) is 26.1 Å². The van der Waals surface area contributed by atoms with Crippen LogP contribution in [0.4, 0.5) is 0 Å². The summed E-state index contributed by atoms with van der Waals surface area (Å²) in [7, 11) is 0. The number of nitrogens with zero attached hydrogens (tertiary/aromatic N) is 3. The van der Waals surface area contributed by atoms with Crippen molar-refractivity contribution in [2.24, 2.45) is 0 Å². The van der Waals surface area contributed by atoms with Crippen LogP contribution in [0.15, 0.2) is 22.8 Å². The predicted octanol–water partition coefficient (Wildman–Crippen LogP) is 2.87. The van der Waals surface area contributed by atoms with Gasteiger partial charge in [-0.05, 0) is 47.8 Å². The number of fused-ring (bicyclic) bond motifs is 1. The lowest BCUT2D eigenvalue weighted by molar-refractivity contribution is -0.150. The first kappa shape index (κ1) is 13.5. The molecular weight excluding hydrogens is 322 g/mol. The minimum atomic E-state index is -0.643. The summed E-state index contributed by atoms with van der Waals surface area (Å²) in [5.41, 5.74) is 0.106. The highest BCUT2D eigenvalue weighted by molar-refractivity contribution is 9.10. The Morgan fingerprint density at radius 3 is 2.85 bits per heavy atom. The van der Waals surface area contributed by atoms with Gasteiger partial charge in [-0.1, -0.05) is 12.8 Å². The number of rotatable bonds is 3. The third-order valence-corrected chi connectivity index (χ3v) is 4.39. The fourth-order valence-corrected chi connectivity index (χ4v) is 3.29. The zero-order chi connectivity index (χ0) is 14.2. The van der Waals surface area contributed by atoms with Crippen molar-refractivity contribution in [3.8, 4) is 0 Å². The summed E-state index contributed by atoms with van der Waals surface area (Å²) in [6.07, 6.45) is 5.49. The summed E-state index contributed by atoms with van der Waals surface area (Å²) < 4.78 is 8.13. The van der Waals surface area contributed by atoms with E-state index in [0.29, 0.717) is 12.4 Å². The largest absolute Gasteiger partial charge is 0.465 e. The van der Waals surface area contributed by atoms with Gasteiger partial charge in [0.15, 0.2) is 11.5 Å². The first-order chi connectivity index (χ1) is 9.67. The van der Waals surface area contributed by atoms with Crippen molar-refractivity contribution in [2.75, 3.05) is 6.61 Å². The molecule has 2 aromatic rings. The van der Waals surface area contributed by atoms with Crippen molar-refractivity contribution in [3.63, 3.8) is 0 Å². The van der Waals surface area contributed by atoms with Gasteiger partial charge < -0.3 is 4.74 Å². The van der Waals surface area contributed by atoms with Gasteiger partial charge in [0.1, 0.15) is 5.41 Å². The highest BCUT2D eigenvalue weighted by Crippen LogP contribution is 2.41.